The van der Waals surface area contributed by atoms with Gasteiger partial charge in [-0.25, -0.2) is 9.89 Å². The van der Waals surface area contributed by atoms with Crippen LogP contribution in [0.1, 0.15) is 0 Å². The molecule has 3 rings (SSSR count). The predicted molar refractivity (Wildman–Crippen MR) is 69.3 cm³/mol. The Bertz CT molecular complexity index is 671. The number of aromatic nitrogens is 3. The molecule has 3 heterocycles. The minimum atomic E-state index is -0.426. The van der Waals surface area contributed by atoms with E-state index in [1.54, 1.807) is 22.7 Å². The SMILES string of the molecule is O=c1nc(-c2ccsc2)c(-c2ccsc2)n[nH]1. The van der Waals surface area contributed by atoms with E-state index in [9.17, 15) is 4.79 Å². The van der Waals surface area contributed by atoms with Gasteiger partial charge < -0.3 is 0 Å². The smallest absolute Gasteiger partial charge is 0.244 e. The Morgan fingerprint density at radius 1 is 1.00 bits per heavy atom. The Kier molecular flexibility index (Phi) is 2.58. The first kappa shape index (κ1) is 10.4. The van der Waals surface area contributed by atoms with Crippen molar-refractivity contribution >= 4 is 22.7 Å². The van der Waals surface area contributed by atoms with Gasteiger partial charge in [-0.05, 0) is 22.9 Å². The van der Waals surface area contributed by atoms with E-state index >= 15 is 0 Å². The average Bonchev–Trinajstić information content (AvgIpc) is 3.02. The van der Waals surface area contributed by atoms with E-state index in [0.717, 1.165) is 11.1 Å². The number of nitrogens with one attached hydrogen (secondary N) is 1. The van der Waals surface area contributed by atoms with E-state index in [1.165, 1.54) is 0 Å². The molecule has 0 saturated heterocycles. The first-order valence-corrected chi connectivity index (χ1v) is 6.75. The fourth-order valence-electron chi connectivity index (χ4n) is 1.54. The quantitative estimate of drug-likeness (QED) is 0.771. The minimum Gasteiger partial charge on any atom is -0.244 e. The van der Waals surface area contributed by atoms with Crippen molar-refractivity contribution in [2.24, 2.45) is 0 Å². The first-order valence-electron chi connectivity index (χ1n) is 4.86. The van der Waals surface area contributed by atoms with Crippen LogP contribution in [0, 0.1) is 0 Å². The maximum absolute atomic E-state index is 11.3. The molecule has 0 fully saturated rings. The number of thiophene rings is 2. The molecule has 17 heavy (non-hydrogen) atoms. The Morgan fingerprint density at radius 2 is 1.65 bits per heavy atom. The third-order valence-electron chi connectivity index (χ3n) is 2.29. The van der Waals surface area contributed by atoms with E-state index in [2.05, 4.69) is 15.2 Å². The normalized spacial score (nSPS) is 10.6. The van der Waals surface area contributed by atoms with E-state index in [1.807, 2.05) is 33.7 Å². The number of aromatic amines is 1. The highest BCUT2D eigenvalue weighted by atomic mass is 32.1. The van der Waals surface area contributed by atoms with Crippen molar-refractivity contribution in [1.29, 1.82) is 0 Å². The van der Waals surface area contributed by atoms with Gasteiger partial charge in [0.1, 0.15) is 11.4 Å². The maximum atomic E-state index is 11.3. The fraction of sp³-hybridized carbons (Fsp3) is 0. The van der Waals surface area contributed by atoms with Gasteiger partial charge in [-0.15, -0.1) is 0 Å². The topological polar surface area (TPSA) is 58.6 Å². The monoisotopic (exact) mass is 261 g/mol. The van der Waals surface area contributed by atoms with Gasteiger partial charge in [0, 0.05) is 21.9 Å². The van der Waals surface area contributed by atoms with Crippen molar-refractivity contribution < 1.29 is 0 Å². The summed E-state index contributed by atoms with van der Waals surface area (Å²) in [5, 5.41) is 14.3. The summed E-state index contributed by atoms with van der Waals surface area (Å²) in [6.45, 7) is 0. The highest BCUT2D eigenvalue weighted by Crippen LogP contribution is 2.29. The van der Waals surface area contributed by atoms with Gasteiger partial charge >= 0.3 is 5.69 Å². The van der Waals surface area contributed by atoms with Crippen molar-refractivity contribution in [2.45, 2.75) is 0 Å². The average molecular weight is 261 g/mol. The molecule has 0 atom stereocenters. The van der Waals surface area contributed by atoms with E-state index in [-0.39, 0.29) is 0 Å². The molecule has 0 radical (unpaired) electrons. The molecule has 84 valence electrons. The number of H-pyrrole nitrogens is 1. The summed E-state index contributed by atoms with van der Waals surface area (Å²) >= 11 is 3.16. The Hall–Kier alpha value is -1.79. The van der Waals surface area contributed by atoms with Crippen LogP contribution < -0.4 is 5.69 Å². The molecular weight excluding hydrogens is 254 g/mol. The summed E-state index contributed by atoms with van der Waals surface area (Å²) in [6, 6.07) is 3.90. The summed E-state index contributed by atoms with van der Waals surface area (Å²) in [5.74, 6) is 0. The second-order valence-corrected chi connectivity index (χ2v) is 4.92. The molecule has 6 heteroatoms. The lowest BCUT2D eigenvalue weighted by molar-refractivity contribution is 0.926. The van der Waals surface area contributed by atoms with Gasteiger partial charge in [0.15, 0.2) is 0 Å². The zero-order valence-corrected chi connectivity index (χ0v) is 10.2. The van der Waals surface area contributed by atoms with Gasteiger partial charge in [0.2, 0.25) is 0 Å². The van der Waals surface area contributed by atoms with Gasteiger partial charge in [0.05, 0.1) is 0 Å². The number of hydrogen-bond donors (Lipinski definition) is 1. The Labute approximate surface area is 105 Å². The summed E-state index contributed by atoms with van der Waals surface area (Å²) in [6.07, 6.45) is 0. The zero-order chi connectivity index (χ0) is 11.7. The van der Waals surface area contributed by atoms with Crippen molar-refractivity contribution in [1.82, 2.24) is 15.2 Å². The van der Waals surface area contributed by atoms with Crippen LogP contribution in [0.15, 0.2) is 38.4 Å². The highest BCUT2D eigenvalue weighted by Gasteiger charge is 2.12. The molecular formula is C11H7N3OS2. The van der Waals surface area contributed by atoms with Gasteiger partial charge in [-0.3, -0.25) is 0 Å². The van der Waals surface area contributed by atoms with Crippen LogP contribution in [0.2, 0.25) is 0 Å². The standard InChI is InChI=1S/C11H7N3OS2/c15-11-12-9(7-1-3-16-5-7)10(13-14-11)8-2-4-17-6-8/h1-6H,(H,12,14,15). The predicted octanol–water partition coefficient (Wildman–Crippen LogP) is 2.62. The molecule has 4 nitrogen and oxygen atoms in total. The Balaban J connectivity index is 2.26. The summed E-state index contributed by atoms with van der Waals surface area (Å²) in [4.78, 5) is 15.3. The van der Waals surface area contributed by atoms with Crippen LogP contribution in [-0.2, 0) is 0 Å². The number of nitrogens with zero attached hydrogens (tertiary/aromatic N) is 2. The molecule has 0 aliphatic rings. The molecule has 0 unspecified atom stereocenters. The molecule has 0 aliphatic carbocycles. The van der Waals surface area contributed by atoms with Gasteiger partial charge in [-0.1, -0.05) is 0 Å². The maximum Gasteiger partial charge on any atom is 0.361 e. The van der Waals surface area contributed by atoms with E-state index < -0.39 is 5.69 Å². The summed E-state index contributed by atoms with van der Waals surface area (Å²) in [5.41, 5.74) is 2.82. The van der Waals surface area contributed by atoms with Crippen molar-refractivity contribution in [3.05, 3.63) is 44.1 Å². The largest absolute Gasteiger partial charge is 0.361 e. The fourth-order valence-corrected chi connectivity index (χ4v) is 2.82. The lowest BCUT2D eigenvalue weighted by Crippen LogP contribution is -2.14. The molecule has 3 aromatic rings. The molecule has 0 saturated carbocycles. The van der Waals surface area contributed by atoms with Crippen LogP contribution in [0.25, 0.3) is 22.5 Å². The van der Waals surface area contributed by atoms with Gasteiger partial charge in [0.25, 0.3) is 0 Å². The van der Waals surface area contributed by atoms with Crippen molar-refractivity contribution in [3.63, 3.8) is 0 Å². The van der Waals surface area contributed by atoms with Crippen LogP contribution in [0.5, 0.6) is 0 Å². The molecule has 0 bridgehead atoms. The van der Waals surface area contributed by atoms with Crippen molar-refractivity contribution in [2.75, 3.05) is 0 Å². The molecule has 0 spiro atoms. The summed E-state index contributed by atoms with van der Waals surface area (Å²) in [7, 11) is 0. The molecule has 3 aromatic heterocycles. The number of hydrogen-bond acceptors (Lipinski definition) is 5. The second kappa shape index (κ2) is 4.23. The van der Waals surface area contributed by atoms with E-state index in [0.29, 0.717) is 11.4 Å². The van der Waals surface area contributed by atoms with Crippen molar-refractivity contribution in [3.8, 4) is 22.5 Å². The van der Waals surface area contributed by atoms with Crippen LogP contribution in [0.4, 0.5) is 0 Å². The molecule has 0 aromatic carbocycles. The lowest BCUT2D eigenvalue weighted by Gasteiger charge is -2.02. The number of rotatable bonds is 2. The van der Waals surface area contributed by atoms with Crippen LogP contribution in [0.3, 0.4) is 0 Å². The Morgan fingerprint density at radius 3 is 2.24 bits per heavy atom. The third kappa shape index (κ3) is 1.92. The molecule has 0 aliphatic heterocycles. The first-order chi connectivity index (χ1) is 8.34. The zero-order valence-electron chi connectivity index (χ0n) is 8.58. The second-order valence-electron chi connectivity index (χ2n) is 3.36. The van der Waals surface area contributed by atoms with Crippen LogP contribution >= 0.6 is 22.7 Å². The minimum absolute atomic E-state index is 0.426. The summed E-state index contributed by atoms with van der Waals surface area (Å²) < 4.78 is 0. The lowest BCUT2D eigenvalue weighted by atomic mass is 10.1. The van der Waals surface area contributed by atoms with Gasteiger partial charge in [-0.2, -0.15) is 32.8 Å². The highest BCUT2D eigenvalue weighted by molar-refractivity contribution is 7.08. The molecule has 1 N–H and O–H groups in total. The van der Waals surface area contributed by atoms with Crippen LogP contribution in [-0.4, -0.2) is 15.2 Å². The van der Waals surface area contributed by atoms with E-state index in [4.69, 9.17) is 0 Å². The molecule has 0 amide bonds. The third-order valence-corrected chi connectivity index (χ3v) is 3.66.